The average molecular weight is 339 g/mol. The van der Waals surface area contributed by atoms with Crippen molar-refractivity contribution in [2.75, 3.05) is 6.54 Å². The Bertz CT molecular complexity index is 739. The highest BCUT2D eigenvalue weighted by atomic mass is 16.6. The van der Waals surface area contributed by atoms with E-state index in [4.69, 9.17) is 9.47 Å². The molecule has 1 atom stereocenters. The van der Waals surface area contributed by atoms with E-state index in [1.165, 1.54) is 6.92 Å². The number of rotatable bonds is 5. The molecular formula is C15H17NO8. The predicted molar refractivity (Wildman–Crippen MR) is 77.6 cm³/mol. The van der Waals surface area contributed by atoms with Crippen LogP contribution in [-0.4, -0.2) is 30.5 Å². The van der Waals surface area contributed by atoms with Gasteiger partial charge >= 0.3 is 17.8 Å². The minimum Gasteiger partial charge on any atom is -0.454 e. The minimum absolute atomic E-state index is 0.0775. The number of aryl methyl sites for hydroxylation is 1. The number of carbonyl (C=O) groups is 3. The van der Waals surface area contributed by atoms with Crippen LogP contribution >= 0.6 is 0 Å². The van der Waals surface area contributed by atoms with Crippen molar-refractivity contribution in [1.82, 2.24) is 5.32 Å². The van der Waals surface area contributed by atoms with Crippen LogP contribution in [0.2, 0.25) is 0 Å². The van der Waals surface area contributed by atoms with Gasteiger partial charge in [-0.2, -0.15) is 0 Å². The van der Waals surface area contributed by atoms with E-state index in [2.05, 4.69) is 14.2 Å². The second-order valence-electron chi connectivity index (χ2n) is 5.90. The smallest absolute Gasteiger partial charge is 0.454 e. The van der Waals surface area contributed by atoms with Crippen molar-refractivity contribution in [2.24, 2.45) is 5.41 Å². The van der Waals surface area contributed by atoms with Gasteiger partial charge in [0, 0.05) is 24.1 Å². The number of carbonyl (C=O) groups excluding carboxylic acids is 3. The van der Waals surface area contributed by atoms with Crippen LogP contribution in [-0.2, 0) is 30.5 Å². The van der Waals surface area contributed by atoms with Gasteiger partial charge in [0.2, 0.25) is 0 Å². The van der Waals surface area contributed by atoms with Crippen LogP contribution in [0.5, 0.6) is 0 Å². The molecule has 0 radical (unpaired) electrons. The molecule has 24 heavy (non-hydrogen) atoms. The standard InChI is InChI=1S/C15H17NO8/c1-8-9(23-14(20)22-8)6-21-10(17)4-5-11(18)24-12-13(19)16-7-15(12,2)3/h4-5,12H,6-7H2,1-3H3,(H,16,19)/b5-4+. The minimum atomic E-state index is -0.923. The first-order chi connectivity index (χ1) is 11.2. The van der Waals surface area contributed by atoms with Crippen LogP contribution in [0.15, 0.2) is 25.8 Å². The van der Waals surface area contributed by atoms with Gasteiger partial charge in [0.15, 0.2) is 24.2 Å². The molecule has 1 aliphatic rings. The summed E-state index contributed by atoms with van der Waals surface area (Å²) in [5, 5.41) is 2.60. The van der Waals surface area contributed by atoms with Crippen molar-refractivity contribution in [1.29, 1.82) is 0 Å². The Morgan fingerprint density at radius 2 is 1.92 bits per heavy atom. The summed E-state index contributed by atoms with van der Waals surface area (Å²) in [5.74, 6) is -2.68. The Labute approximate surface area is 136 Å². The monoisotopic (exact) mass is 339 g/mol. The van der Waals surface area contributed by atoms with Gasteiger partial charge in [0.1, 0.15) is 0 Å². The number of amides is 1. The Morgan fingerprint density at radius 3 is 2.46 bits per heavy atom. The quantitative estimate of drug-likeness (QED) is 0.596. The van der Waals surface area contributed by atoms with E-state index in [1.807, 2.05) is 0 Å². The normalized spacial score (nSPS) is 19.3. The number of hydrogen-bond acceptors (Lipinski definition) is 8. The van der Waals surface area contributed by atoms with Gasteiger partial charge in [-0.15, -0.1) is 0 Å². The first kappa shape index (κ1) is 17.5. The first-order valence-electron chi connectivity index (χ1n) is 7.11. The lowest BCUT2D eigenvalue weighted by molar-refractivity contribution is -0.154. The molecule has 130 valence electrons. The maximum atomic E-state index is 11.7. The molecule has 1 amide bonds. The van der Waals surface area contributed by atoms with Gasteiger partial charge in [-0.3, -0.25) is 4.79 Å². The van der Waals surface area contributed by atoms with Gasteiger partial charge in [0.25, 0.3) is 5.91 Å². The van der Waals surface area contributed by atoms with Crippen molar-refractivity contribution in [2.45, 2.75) is 33.5 Å². The summed E-state index contributed by atoms with van der Waals surface area (Å²) in [6.45, 7) is 5.12. The van der Waals surface area contributed by atoms with E-state index in [9.17, 15) is 19.2 Å². The molecule has 1 unspecified atom stereocenters. The summed E-state index contributed by atoms with van der Waals surface area (Å²) in [5.41, 5.74) is -0.530. The summed E-state index contributed by atoms with van der Waals surface area (Å²) in [4.78, 5) is 45.7. The topological polar surface area (TPSA) is 125 Å². The zero-order valence-electron chi connectivity index (χ0n) is 13.4. The third kappa shape index (κ3) is 4.12. The Kier molecular flexibility index (Phi) is 4.91. The van der Waals surface area contributed by atoms with Crippen LogP contribution in [0.25, 0.3) is 0 Å². The van der Waals surface area contributed by atoms with E-state index >= 15 is 0 Å². The molecule has 9 heteroatoms. The third-order valence-corrected chi connectivity index (χ3v) is 3.44. The van der Waals surface area contributed by atoms with E-state index in [-0.39, 0.29) is 24.0 Å². The van der Waals surface area contributed by atoms with Crippen molar-refractivity contribution in [3.8, 4) is 0 Å². The van der Waals surface area contributed by atoms with Gasteiger partial charge < -0.3 is 23.6 Å². The number of nitrogens with one attached hydrogen (secondary N) is 1. The molecule has 0 bridgehead atoms. The molecule has 2 rings (SSSR count). The Balaban J connectivity index is 1.85. The number of esters is 2. The molecule has 0 spiro atoms. The first-order valence-corrected chi connectivity index (χ1v) is 7.11. The summed E-state index contributed by atoms with van der Waals surface area (Å²) < 4.78 is 19.1. The van der Waals surface area contributed by atoms with Crippen molar-refractivity contribution < 1.29 is 32.7 Å². The van der Waals surface area contributed by atoms with E-state index in [0.717, 1.165) is 12.2 Å². The lowest BCUT2D eigenvalue weighted by atomic mass is 9.90. The predicted octanol–water partition coefficient (Wildman–Crippen LogP) is 0.208. The van der Waals surface area contributed by atoms with Gasteiger partial charge in [0.05, 0.1) is 0 Å². The van der Waals surface area contributed by atoms with Crippen LogP contribution < -0.4 is 11.1 Å². The highest BCUT2D eigenvalue weighted by Crippen LogP contribution is 2.27. The molecule has 9 nitrogen and oxygen atoms in total. The maximum Gasteiger partial charge on any atom is 0.519 e. The molecule has 1 aromatic rings. The third-order valence-electron chi connectivity index (χ3n) is 3.44. The van der Waals surface area contributed by atoms with Gasteiger partial charge in [-0.1, -0.05) is 13.8 Å². The second kappa shape index (κ2) is 6.73. The fourth-order valence-electron chi connectivity index (χ4n) is 2.05. The highest BCUT2D eigenvalue weighted by molar-refractivity contribution is 5.93. The lowest BCUT2D eigenvalue weighted by Crippen LogP contribution is -2.35. The lowest BCUT2D eigenvalue weighted by Gasteiger charge is -2.22. The van der Waals surface area contributed by atoms with Crippen LogP contribution in [0, 0.1) is 12.3 Å². The largest absolute Gasteiger partial charge is 0.519 e. The van der Waals surface area contributed by atoms with E-state index in [1.54, 1.807) is 13.8 Å². The molecule has 1 fully saturated rings. The fourth-order valence-corrected chi connectivity index (χ4v) is 2.05. The average Bonchev–Trinajstić information content (AvgIpc) is 2.95. The van der Waals surface area contributed by atoms with Crippen molar-refractivity contribution >= 4 is 17.8 Å². The summed E-state index contributed by atoms with van der Waals surface area (Å²) >= 11 is 0. The number of ether oxygens (including phenoxy) is 2. The van der Waals surface area contributed by atoms with Gasteiger partial charge in [-0.05, 0) is 6.92 Å². The number of hydrogen-bond donors (Lipinski definition) is 1. The fraction of sp³-hybridized carbons (Fsp3) is 0.467. The highest BCUT2D eigenvalue weighted by Gasteiger charge is 2.43. The Morgan fingerprint density at radius 1 is 1.25 bits per heavy atom. The molecule has 2 heterocycles. The zero-order chi connectivity index (χ0) is 17.9. The SMILES string of the molecule is Cc1oc(=O)oc1COC(=O)/C=C/C(=O)OC1C(=O)NCC1(C)C. The van der Waals surface area contributed by atoms with Crippen molar-refractivity contribution in [3.05, 3.63) is 34.3 Å². The molecule has 1 saturated heterocycles. The molecule has 0 saturated carbocycles. The summed E-state index contributed by atoms with van der Waals surface area (Å²) in [6, 6.07) is 0. The molecule has 0 aromatic carbocycles. The molecular weight excluding hydrogens is 322 g/mol. The van der Waals surface area contributed by atoms with Gasteiger partial charge in [-0.25, -0.2) is 14.4 Å². The van der Waals surface area contributed by atoms with Crippen LogP contribution in [0.3, 0.4) is 0 Å². The van der Waals surface area contributed by atoms with E-state index in [0.29, 0.717) is 6.54 Å². The van der Waals surface area contributed by atoms with E-state index < -0.39 is 29.3 Å². The van der Waals surface area contributed by atoms with Crippen molar-refractivity contribution in [3.63, 3.8) is 0 Å². The summed E-state index contributed by atoms with van der Waals surface area (Å²) in [7, 11) is 0. The molecule has 0 aliphatic carbocycles. The molecule has 1 aromatic heterocycles. The summed E-state index contributed by atoms with van der Waals surface area (Å²) in [6.07, 6.45) is 0.798. The maximum absolute atomic E-state index is 11.7. The Hall–Kier alpha value is -2.84. The second-order valence-corrected chi connectivity index (χ2v) is 5.90. The molecule has 1 N–H and O–H groups in total. The molecule has 1 aliphatic heterocycles. The zero-order valence-corrected chi connectivity index (χ0v) is 13.4. The van der Waals surface area contributed by atoms with Crippen LogP contribution in [0.4, 0.5) is 0 Å². The van der Waals surface area contributed by atoms with Crippen LogP contribution in [0.1, 0.15) is 25.4 Å².